The molecule has 0 radical (unpaired) electrons. The fourth-order valence-corrected chi connectivity index (χ4v) is 3.72. The Morgan fingerprint density at radius 3 is 2.23 bits per heavy atom. The molecule has 1 saturated heterocycles. The molecule has 0 aliphatic carbocycles. The topological polar surface area (TPSA) is 84.9 Å². The first kappa shape index (κ1) is 22.5. The molecule has 164 valence electrons. The molecular weight excluding hydrogens is 396 g/mol. The number of carbonyl (C=O) groups is 3. The van der Waals surface area contributed by atoms with Crippen molar-refractivity contribution in [3.63, 3.8) is 0 Å². The predicted octanol–water partition coefficient (Wildman–Crippen LogP) is 3.42. The molecule has 1 aliphatic rings. The third-order valence-electron chi connectivity index (χ3n) is 5.59. The molecule has 0 bridgehead atoms. The smallest absolute Gasteiger partial charge is 0.339 e. The number of aryl methyl sites for hydroxylation is 1. The van der Waals surface area contributed by atoms with Crippen LogP contribution in [-0.4, -0.2) is 50.1 Å². The Morgan fingerprint density at radius 2 is 1.61 bits per heavy atom. The summed E-state index contributed by atoms with van der Waals surface area (Å²) in [6, 6.07) is 12.9. The summed E-state index contributed by atoms with van der Waals surface area (Å²) in [6.45, 7) is 4.57. The number of benzene rings is 2. The van der Waals surface area contributed by atoms with Gasteiger partial charge in [0.05, 0.1) is 31.0 Å². The molecule has 7 heteroatoms. The molecule has 2 aromatic carbocycles. The zero-order valence-corrected chi connectivity index (χ0v) is 18.1. The van der Waals surface area contributed by atoms with Gasteiger partial charge in [-0.2, -0.15) is 0 Å². The summed E-state index contributed by atoms with van der Waals surface area (Å²) in [5.41, 5.74) is 3.19. The van der Waals surface area contributed by atoms with E-state index in [-0.39, 0.29) is 28.6 Å². The van der Waals surface area contributed by atoms with Crippen LogP contribution in [-0.2, 0) is 20.8 Å². The highest BCUT2D eigenvalue weighted by Crippen LogP contribution is 2.24. The number of methoxy groups -OCH3 is 2. The van der Waals surface area contributed by atoms with Crippen molar-refractivity contribution in [3.8, 4) is 0 Å². The zero-order chi connectivity index (χ0) is 22.4. The van der Waals surface area contributed by atoms with Crippen LogP contribution in [0.1, 0.15) is 44.7 Å². The second-order valence-corrected chi connectivity index (χ2v) is 7.77. The highest BCUT2D eigenvalue weighted by Gasteiger charge is 2.26. The monoisotopic (exact) mass is 424 g/mol. The van der Waals surface area contributed by atoms with Crippen LogP contribution >= 0.6 is 0 Å². The van der Waals surface area contributed by atoms with E-state index in [9.17, 15) is 14.4 Å². The average Bonchev–Trinajstić information content (AvgIpc) is 2.80. The number of anilines is 1. The Bertz CT molecular complexity index is 947. The van der Waals surface area contributed by atoms with E-state index in [0.29, 0.717) is 0 Å². The number of hydrogen-bond donors (Lipinski definition) is 1. The number of nitrogens with zero attached hydrogens (tertiary/aromatic N) is 1. The van der Waals surface area contributed by atoms with E-state index in [2.05, 4.69) is 41.4 Å². The molecule has 1 N–H and O–H groups in total. The van der Waals surface area contributed by atoms with Crippen molar-refractivity contribution >= 4 is 23.5 Å². The van der Waals surface area contributed by atoms with Crippen LogP contribution in [0.2, 0.25) is 0 Å². The number of rotatable bonds is 6. The number of piperidine rings is 1. The van der Waals surface area contributed by atoms with E-state index in [1.54, 1.807) is 0 Å². The Hall–Kier alpha value is -3.19. The lowest BCUT2D eigenvalue weighted by Gasteiger charge is -2.31. The van der Waals surface area contributed by atoms with Gasteiger partial charge in [0.1, 0.15) is 0 Å². The third kappa shape index (κ3) is 5.70. The van der Waals surface area contributed by atoms with E-state index in [1.807, 2.05) is 0 Å². The van der Waals surface area contributed by atoms with Gasteiger partial charge in [-0.05, 0) is 56.6 Å². The first-order valence-electron chi connectivity index (χ1n) is 10.3. The minimum absolute atomic E-state index is 0.165. The van der Waals surface area contributed by atoms with Crippen LogP contribution in [0.15, 0.2) is 42.5 Å². The number of carbonyl (C=O) groups excluding carboxylic acids is 3. The summed E-state index contributed by atoms with van der Waals surface area (Å²) in [6.07, 6.45) is 1.45. The summed E-state index contributed by atoms with van der Waals surface area (Å²) in [5, 5.41) is 2.82. The van der Waals surface area contributed by atoms with E-state index in [4.69, 9.17) is 9.47 Å². The summed E-state index contributed by atoms with van der Waals surface area (Å²) in [5.74, 6) is -1.46. The lowest BCUT2D eigenvalue weighted by molar-refractivity contribution is -0.121. The fourth-order valence-electron chi connectivity index (χ4n) is 3.72. The molecule has 31 heavy (non-hydrogen) atoms. The van der Waals surface area contributed by atoms with Crippen LogP contribution < -0.4 is 5.32 Å². The van der Waals surface area contributed by atoms with Gasteiger partial charge in [0.25, 0.3) is 0 Å². The molecule has 1 aliphatic heterocycles. The van der Waals surface area contributed by atoms with Crippen LogP contribution in [0.4, 0.5) is 5.69 Å². The fraction of sp³-hybridized carbons (Fsp3) is 0.375. The van der Waals surface area contributed by atoms with Gasteiger partial charge in [-0.15, -0.1) is 0 Å². The number of esters is 2. The van der Waals surface area contributed by atoms with E-state index in [0.717, 1.165) is 32.5 Å². The van der Waals surface area contributed by atoms with Gasteiger partial charge in [0.2, 0.25) is 5.91 Å². The maximum absolute atomic E-state index is 12.9. The molecule has 0 aromatic heterocycles. The normalized spacial score (nSPS) is 14.7. The second-order valence-electron chi connectivity index (χ2n) is 7.77. The van der Waals surface area contributed by atoms with Crippen LogP contribution in [0.3, 0.4) is 0 Å². The number of hydrogen-bond acceptors (Lipinski definition) is 6. The molecule has 0 spiro atoms. The molecule has 3 rings (SSSR count). The standard InChI is InChI=1S/C24H28N2O5/c1-16-4-6-17(7-5-16)15-26-12-10-18(11-13-26)22(27)25-21-14-19(23(28)30-2)8-9-20(21)24(29)31-3/h4-9,14,18H,10-13,15H2,1-3H3,(H,25,27). The highest BCUT2D eigenvalue weighted by atomic mass is 16.5. The van der Waals surface area contributed by atoms with Gasteiger partial charge in [0, 0.05) is 12.5 Å². The maximum Gasteiger partial charge on any atom is 0.339 e. The van der Waals surface area contributed by atoms with Crippen molar-refractivity contribution in [1.82, 2.24) is 4.90 Å². The van der Waals surface area contributed by atoms with E-state index < -0.39 is 11.9 Å². The predicted molar refractivity (Wildman–Crippen MR) is 117 cm³/mol. The number of likely N-dealkylation sites (tertiary alicyclic amines) is 1. The van der Waals surface area contributed by atoms with E-state index >= 15 is 0 Å². The van der Waals surface area contributed by atoms with Crippen molar-refractivity contribution in [3.05, 3.63) is 64.7 Å². The Kier molecular flexibility index (Phi) is 7.41. The average molecular weight is 424 g/mol. The second kappa shape index (κ2) is 10.2. The van der Waals surface area contributed by atoms with Crippen molar-refractivity contribution in [2.24, 2.45) is 5.92 Å². The largest absolute Gasteiger partial charge is 0.465 e. The van der Waals surface area contributed by atoms with E-state index in [1.165, 1.54) is 43.5 Å². The minimum atomic E-state index is -0.584. The van der Waals surface area contributed by atoms with Crippen LogP contribution in [0, 0.1) is 12.8 Å². The molecular formula is C24H28N2O5. The van der Waals surface area contributed by atoms with Gasteiger partial charge in [-0.3, -0.25) is 9.69 Å². The summed E-state index contributed by atoms with van der Waals surface area (Å²) >= 11 is 0. The molecule has 7 nitrogen and oxygen atoms in total. The lowest BCUT2D eigenvalue weighted by atomic mass is 9.95. The number of amides is 1. The van der Waals surface area contributed by atoms with Crippen molar-refractivity contribution in [1.29, 1.82) is 0 Å². The Balaban J connectivity index is 1.64. The quantitative estimate of drug-likeness (QED) is 0.716. The van der Waals surface area contributed by atoms with Gasteiger partial charge in [-0.25, -0.2) is 9.59 Å². The number of nitrogens with one attached hydrogen (secondary N) is 1. The molecule has 0 atom stereocenters. The number of ether oxygens (including phenoxy) is 2. The maximum atomic E-state index is 12.9. The van der Waals surface area contributed by atoms with Gasteiger partial charge in [-0.1, -0.05) is 29.8 Å². The molecule has 1 heterocycles. The molecule has 1 fully saturated rings. The highest BCUT2D eigenvalue weighted by molar-refractivity contribution is 6.04. The first-order chi connectivity index (χ1) is 14.9. The summed E-state index contributed by atoms with van der Waals surface area (Å²) in [7, 11) is 2.55. The Morgan fingerprint density at radius 1 is 0.968 bits per heavy atom. The van der Waals surface area contributed by atoms with Crippen molar-refractivity contribution in [2.75, 3.05) is 32.6 Å². The van der Waals surface area contributed by atoms with Gasteiger partial charge >= 0.3 is 11.9 Å². The van der Waals surface area contributed by atoms with Crippen LogP contribution in [0.5, 0.6) is 0 Å². The van der Waals surface area contributed by atoms with Gasteiger partial charge < -0.3 is 14.8 Å². The summed E-state index contributed by atoms with van der Waals surface area (Å²) < 4.78 is 9.53. The molecule has 0 unspecified atom stereocenters. The third-order valence-corrected chi connectivity index (χ3v) is 5.59. The molecule has 1 amide bonds. The molecule has 2 aromatic rings. The van der Waals surface area contributed by atoms with Crippen molar-refractivity contribution in [2.45, 2.75) is 26.3 Å². The van der Waals surface area contributed by atoms with Crippen molar-refractivity contribution < 1.29 is 23.9 Å². The molecule has 0 saturated carbocycles. The SMILES string of the molecule is COC(=O)c1ccc(C(=O)OC)c(NC(=O)C2CCN(Cc3ccc(C)cc3)CC2)c1. The van der Waals surface area contributed by atoms with Crippen LogP contribution in [0.25, 0.3) is 0 Å². The van der Waals surface area contributed by atoms with Gasteiger partial charge in [0.15, 0.2) is 0 Å². The summed E-state index contributed by atoms with van der Waals surface area (Å²) in [4.78, 5) is 39.2. The zero-order valence-electron chi connectivity index (χ0n) is 18.1. The lowest BCUT2D eigenvalue weighted by Crippen LogP contribution is -2.38. The Labute approximate surface area is 182 Å². The minimum Gasteiger partial charge on any atom is -0.465 e. The first-order valence-corrected chi connectivity index (χ1v) is 10.3.